The number of benzene rings is 1. The molecule has 18 heavy (non-hydrogen) atoms. The summed E-state index contributed by atoms with van der Waals surface area (Å²) in [5, 5.41) is 3.45. The van der Waals surface area contributed by atoms with Gasteiger partial charge in [0.05, 0.1) is 11.7 Å². The minimum Gasteiger partial charge on any atom is -0.309 e. The summed E-state index contributed by atoms with van der Waals surface area (Å²) in [5.74, 6) is 0. The lowest BCUT2D eigenvalue weighted by Gasteiger charge is -2.17. The van der Waals surface area contributed by atoms with Crippen LogP contribution in [0.15, 0.2) is 47.3 Å². The third-order valence-electron chi connectivity index (χ3n) is 2.77. The lowest BCUT2D eigenvalue weighted by molar-refractivity contribution is 0.534. The zero-order valence-corrected chi connectivity index (χ0v) is 11.9. The van der Waals surface area contributed by atoms with E-state index in [1.165, 1.54) is 5.56 Å². The van der Waals surface area contributed by atoms with Gasteiger partial charge in [0.25, 0.3) is 0 Å². The molecule has 1 atom stereocenters. The number of nitrogens with zero attached hydrogens (tertiary/aromatic N) is 2. The van der Waals surface area contributed by atoms with E-state index in [0.717, 1.165) is 23.1 Å². The number of hydrogen-bond donors (Lipinski definition) is 1. The number of rotatable bonds is 5. The van der Waals surface area contributed by atoms with Crippen LogP contribution in [-0.2, 0) is 6.42 Å². The minimum absolute atomic E-state index is 0.197. The van der Waals surface area contributed by atoms with Crippen LogP contribution >= 0.6 is 15.9 Å². The van der Waals surface area contributed by atoms with Gasteiger partial charge in [0.1, 0.15) is 0 Å². The van der Waals surface area contributed by atoms with Crippen LogP contribution in [0, 0.1) is 0 Å². The molecule has 0 bridgehead atoms. The summed E-state index contributed by atoms with van der Waals surface area (Å²) in [6.45, 7) is 3.01. The molecular formula is C14H16BrN3. The van der Waals surface area contributed by atoms with E-state index >= 15 is 0 Å². The van der Waals surface area contributed by atoms with Gasteiger partial charge in [0, 0.05) is 23.1 Å². The fraction of sp³-hybridized carbons (Fsp3) is 0.286. The molecule has 0 aliphatic carbocycles. The molecule has 2 rings (SSSR count). The average Bonchev–Trinajstić information content (AvgIpc) is 2.42. The van der Waals surface area contributed by atoms with Crippen LogP contribution < -0.4 is 5.32 Å². The number of hydrogen-bond acceptors (Lipinski definition) is 3. The maximum atomic E-state index is 4.38. The Labute approximate surface area is 116 Å². The van der Waals surface area contributed by atoms with E-state index in [2.05, 4.69) is 56.3 Å². The summed E-state index contributed by atoms with van der Waals surface area (Å²) in [6.07, 6.45) is 6.16. The maximum Gasteiger partial charge on any atom is 0.0759 e. The summed E-state index contributed by atoms with van der Waals surface area (Å²) >= 11 is 3.58. The van der Waals surface area contributed by atoms with Gasteiger partial charge in [-0.1, -0.05) is 41.1 Å². The molecular weight excluding hydrogens is 290 g/mol. The Morgan fingerprint density at radius 3 is 2.78 bits per heavy atom. The average molecular weight is 306 g/mol. The number of likely N-dealkylation sites (N-methyl/N-ethyl adjacent to an activating group) is 1. The second-order valence-corrected chi connectivity index (χ2v) is 4.89. The molecule has 4 heteroatoms. The first-order valence-electron chi connectivity index (χ1n) is 6.04. The van der Waals surface area contributed by atoms with Gasteiger partial charge in [-0.2, -0.15) is 0 Å². The molecule has 0 saturated carbocycles. The zero-order chi connectivity index (χ0) is 12.8. The van der Waals surface area contributed by atoms with Crippen molar-refractivity contribution in [1.82, 2.24) is 15.3 Å². The van der Waals surface area contributed by atoms with E-state index in [0.29, 0.717) is 0 Å². The molecule has 2 aromatic rings. The Morgan fingerprint density at radius 1 is 1.28 bits per heavy atom. The lowest BCUT2D eigenvalue weighted by atomic mass is 10.0. The second-order valence-electron chi connectivity index (χ2n) is 4.04. The van der Waals surface area contributed by atoms with Crippen molar-refractivity contribution in [3.63, 3.8) is 0 Å². The van der Waals surface area contributed by atoms with Crippen molar-refractivity contribution in [3.05, 3.63) is 58.6 Å². The van der Waals surface area contributed by atoms with Gasteiger partial charge in [-0.25, -0.2) is 0 Å². The van der Waals surface area contributed by atoms with Crippen molar-refractivity contribution in [2.45, 2.75) is 19.4 Å². The number of halogens is 1. The summed E-state index contributed by atoms with van der Waals surface area (Å²) in [6, 6.07) is 8.47. The van der Waals surface area contributed by atoms with Crippen molar-refractivity contribution in [2.75, 3.05) is 6.54 Å². The molecule has 1 aromatic heterocycles. The first-order valence-corrected chi connectivity index (χ1v) is 6.83. The van der Waals surface area contributed by atoms with E-state index in [-0.39, 0.29) is 6.04 Å². The molecule has 1 heterocycles. The standard InChI is InChI=1S/C14H16BrN3/c1-2-17-13(14-10-16-7-8-18-14)9-11-5-3-4-6-12(11)15/h3-8,10,13,17H,2,9H2,1H3. The van der Waals surface area contributed by atoms with Crippen LogP contribution in [0.25, 0.3) is 0 Å². The minimum atomic E-state index is 0.197. The van der Waals surface area contributed by atoms with E-state index in [9.17, 15) is 0 Å². The van der Waals surface area contributed by atoms with Crippen molar-refractivity contribution in [1.29, 1.82) is 0 Å². The smallest absolute Gasteiger partial charge is 0.0759 e. The number of aromatic nitrogens is 2. The highest BCUT2D eigenvalue weighted by molar-refractivity contribution is 9.10. The van der Waals surface area contributed by atoms with Gasteiger partial charge in [-0.05, 0) is 24.6 Å². The van der Waals surface area contributed by atoms with E-state index in [4.69, 9.17) is 0 Å². The van der Waals surface area contributed by atoms with Gasteiger partial charge in [0.15, 0.2) is 0 Å². The maximum absolute atomic E-state index is 4.38. The van der Waals surface area contributed by atoms with E-state index in [1.54, 1.807) is 12.4 Å². The molecule has 94 valence electrons. The fourth-order valence-corrected chi connectivity index (χ4v) is 2.35. The van der Waals surface area contributed by atoms with Crippen molar-refractivity contribution in [2.24, 2.45) is 0 Å². The lowest BCUT2D eigenvalue weighted by Crippen LogP contribution is -2.24. The van der Waals surface area contributed by atoms with E-state index in [1.807, 2.05) is 12.3 Å². The van der Waals surface area contributed by atoms with Crippen LogP contribution in [0.4, 0.5) is 0 Å². The van der Waals surface area contributed by atoms with Crippen LogP contribution in [0.1, 0.15) is 24.2 Å². The molecule has 1 unspecified atom stereocenters. The molecule has 0 saturated heterocycles. The third-order valence-corrected chi connectivity index (χ3v) is 3.55. The summed E-state index contributed by atoms with van der Waals surface area (Å²) in [7, 11) is 0. The van der Waals surface area contributed by atoms with Gasteiger partial charge in [-0.15, -0.1) is 0 Å². The second kappa shape index (κ2) is 6.61. The van der Waals surface area contributed by atoms with Crippen LogP contribution in [0.3, 0.4) is 0 Å². The predicted octanol–water partition coefficient (Wildman–Crippen LogP) is 3.13. The van der Waals surface area contributed by atoms with Crippen molar-refractivity contribution < 1.29 is 0 Å². The highest BCUT2D eigenvalue weighted by Crippen LogP contribution is 2.22. The quantitative estimate of drug-likeness (QED) is 0.922. The van der Waals surface area contributed by atoms with Crippen molar-refractivity contribution >= 4 is 15.9 Å². The first-order chi connectivity index (χ1) is 8.81. The highest BCUT2D eigenvalue weighted by Gasteiger charge is 2.13. The number of nitrogens with one attached hydrogen (secondary N) is 1. The molecule has 3 nitrogen and oxygen atoms in total. The van der Waals surface area contributed by atoms with Crippen molar-refractivity contribution in [3.8, 4) is 0 Å². The Bertz CT molecular complexity index is 487. The van der Waals surface area contributed by atoms with Gasteiger partial charge in [0.2, 0.25) is 0 Å². The monoisotopic (exact) mass is 305 g/mol. The SMILES string of the molecule is CCNC(Cc1ccccc1Br)c1cnccn1. The highest BCUT2D eigenvalue weighted by atomic mass is 79.9. The largest absolute Gasteiger partial charge is 0.309 e. The molecule has 0 spiro atoms. The Morgan fingerprint density at radius 2 is 2.11 bits per heavy atom. The Hall–Kier alpha value is -1.26. The van der Waals surface area contributed by atoms with Crippen LogP contribution in [0.5, 0.6) is 0 Å². The zero-order valence-electron chi connectivity index (χ0n) is 10.3. The molecule has 0 fully saturated rings. The molecule has 1 aromatic carbocycles. The van der Waals surface area contributed by atoms with E-state index < -0.39 is 0 Å². The topological polar surface area (TPSA) is 37.8 Å². The first kappa shape index (κ1) is 13.2. The summed E-state index contributed by atoms with van der Waals surface area (Å²) in [5.41, 5.74) is 2.25. The normalized spacial score (nSPS) is 12.3. The van der Waals surface area contributed by atoms with Gasteiger partial charge in [-0.3, -0.25) is 9.97 Å². The van der Waals surface area contributed by atoms with Gasteiger partial charge < -0.3 is 5.32 Å². The Kier molecular flexibility index (Phi) is 4.84. The fourth-order valence-electron chi connectivity index (χ4n) is 1.90. The predicted molar refractivity (Wildman–Crippen MR) is 76.3 cm³/mol. The molecule has 0 aliphatic rings. The Balaban J connectivity index is 2.19. The molecule has 0 amide bonds. The van der Waals surface area contributed by atoms with Crippen LogP contribution in [0.2, 0.25) is 0 Å². The summed E-state index contributed by atoms with van der Waals surface area (Å²) in [4.78, 5) is 8.52. The molecule has 0 radical (unpaired) electrons. The van der Waals surface area contributed by atoms with Crippen LogP contribution in [-0.4, -0.2) is 16.5 Å². The van der Waals surface area contributed by atoms with Gasteiger partial charge >= 0.3 is 0 Å². The molecule has 1 N–H and O–H groups in total. The summed E-state index contributed by atoms with van der Waals surface area (Å²) < 4.78 is 1.14. The third kappa shape index (κ3) is 3.37. The molecule has 0 aliphatic heterocycles.